The molecule has 0 radical (unpaired) electrons. The van der Waals surface area contributed by atoms with Crippen molar-refractivity contribution >= 4 is 12.0 Å². The molecule has 0 saturated heterocycles. The summed E-state index contributed by atoms with van der Waals surface area (Å²) in [5.41, 5.74) is 0.580. The van der Waals surface area contributed by atoms with Gasteiger partial charge < -0.3 is 15.0 Å². The molecule has 0 atom stereocenters. The summed E-state index contributed by atoms with van der Waals surface area (Å²) in [6.45, 7) is 0.313. The zero-order valence-electron chi connectivity index (χ0n) is 10.9. The van der Waals surface area contributed by atoms with E-state index in [1.807, 2.05) is 0 Å². The summed E-state index contributed by atoms with van der Waals surface area (Å²) >= 11 is 0. The Morgan fingerprint density at radius 1 is 1.55 bits per heavy atom. The highest BCUT2D eigenvalue weighted by atomic mass is 19.1. The van der Waals surface area contributed by atoms with Gasteiger partial charge in [0.15, 0.2) is 11.6 Å². The van der Waals surface area contributed by atoms with Gasteiger partial charge in [0.1, 0.15) is 5.82 Å². The van der Waals surface area contributed by atoms with E-state index < -0.39 is 5.82 Å². The van der Waals surface area contributed by atoms with Crippen LogP contribution in [0, 0.1) is 5.82 Å². The second kappa shape index (κ2) is 6.51. The smallest absolute Gasteiger partial charge is 0.244 e. The molecule has 1 aromatic heterocycles. The predicted molar refractivity (Wildman–Crippen MR) is 72.4 cm³/mol. The summed E-state index contributed by atoms with van der Waals surface area (Å²) in [6.07, 6.45) is 6.15. The highest BCUT2D eigenvalue weighted by molar-refractivity contribution is 5.91. The molecule has 1 amide bonds. The van der Waals surface area contributed by atoms with E-state index in [1.54, 1.807) is 18.5 Å². The summed E-state index contributed by atoms with van der Waals surface area (Å²) < 4.78 is 18.3. The molecule has 2 N–H and O–H groups in total. The van der Waals surface area contributed by atoms with Crippen molar-refractivity contribution in [3.63, 3.8) is 0 Å². The number of carbonyl (C=O) groups excluding carboxylic acids is 1. The topological polar surface area (TPSA) is 67.0 Å². The highest BCUT2D eigenvalue weighted by Gasteiger charge is 2.02. The molecule has 1 heterocycles. The largest absolute Gasteiger partial charge is 0.494 e. The number of benzene rings is 1. The Morgan fingerprint density at radius 2 is 2.40 bits per heavy atom. The van der Waals surface area contributed by atoms with Crippen LogP contribution in [-0.4, -0.2) is 23.0 Å². The fraction of sp³-hybridized carbons (Fsp3) is 0.143. The Balaban J connectivity index is 1.91. The first kappa shape index (κ1) is 13.8. The van der Waals surface area contributed by atoms with Crippen molar-refractivity contribution < 1.29 is 13.9 Å². The summed E-state index contributed by atoms with van der Waals surface area (Å²) in [4.78, 5) is 18.4. The number of nitrogens with one attached hydrogen (secondary N) is 2. The van der Waals surface area contributed by atoms with Gasteiger partial charge in [-0.15, -0.1) is 0 Å². The number of imidazole rings is 1. The van der Waals surface area contributed by atoms with Crippen LogP contribution in [-0.2, 0) is 11.3 Å². The van der Waals surface area contributed by atoms with E-state index in [-0.39, 0.29) is 11.7 Å². The molecule has 0 spiro atoms. The van der Waals surface area contributed by atoms with Crippen molar-refractivity contribution in [1.82, 2.24) is 15.3 Å². The van der Waals surface area contributed by atoms with Gasteiger partial charge in [0.25, 0.3) is 0 Å². The number of rotatable bonds is 5. The number of hydrogen-bond donors (Lipinski definition) is 2. The van der Waals surface area contributed by atoms with Crippen molar-refractivity contribution in [3.05, 3.63) is 53.9 Å². The Hall–Kier alpha value is -2.63. The summed E-state index contributed by atoms with van der Waals surface area (Å²) in [5, 5.41) is 2.65. The zero-order valence-corrected chi connectivity index (χ0v) is 10.9. The maximum absolute atomic E-state index is 13.4. The Labute approximate surface area is 115 Å². The molecule has 0 aliphatic rings. The third-order valence-corrected chi connectivity index (χ3v) is 2.59. The van der Waals surface area contributed by atoms with E-state index in [9.17, 15) is 9.18 Å². The molecule has 5 nitrogen and oxygen atoms in total. The van der Waals surface area contributed by atoms with Crippen LogP contribution < -0.4 is 10.1 Å². The van der Waals surface area contributed by atoms with Crippen LogP contribution in [0.4, 0.5) is 4.39 Å². The number of H-pyrrole nitrogens is 1. The Kier molecular flexibility index (Phi) is 4.49. The van der Waals surface area contributed by atoms with Gasteiger partial charge >= 0.3 is 0 Å². The van der Waals surface area contributed by atoms with Gasteiger partial charge in [-0.05, 0) is 23.8 Å². The van der Waals surface area contributed by atoms with E-state index in [2.05, 4.69) is 15.3 Å². The Bertz CT molecular complexity index is 609. The SMILES string of the molecule is COc1ccc(C=CC(=O)NCc2ncc[nH]2)cc1F. The molecule has 0 fully saturated rings. The van der Waals surface area contributed by atoms with Crippen LogP contribution in [0.2, 0.25) is 0 Å². The minimum atomic E-state index is -0.467. The van der Waals surface area contributed by atoms with Crippen molar-refractivity contribution in [2.45, 2.75) is 6.54 Å². The fourth-order valence-electron chi connectivity index (χ4n) is 1.58. The van der Waals surface area contributed by atoms with Gasteiger partial charge in [0, 0.05) is 18.5 Å². The third kappa shape index (κ3) is 3.68. The lowest BCUT2D eigenvalue weighted by Crippen LogP contribution is -2.20. The van der Waals surface area contributed by atoms with E-state index in [0.717, 1.165) is 0 Å². The maximum Gasteiger partial charge on any atom is 0.244 e. The predicted octanol–water partition coefficient (Wildman–Crippen LogP) is 1.89. The second-order valence-electron chi connectivity index (χ2n) is 3.98. The van der Waals surface area contributed by atoms with Gasteiger partial charge in [-0.2, -0.15) is 0 Å². The van der Waals surface area contributed by atoms with Crippen LogP contribution in [0.25, 0.3) is 6.08 Å². The zero-order chi connectivity index (χ0) is 14.4. The van der Waals surface area contributed by atoms with Gasteiger partial charge in [0.05, 0.1) is 13.7 Å². The Morgan fingerprint density at radius 3 is 3.05 bits per heavy atom. The van der Waals surface area contributed by atoms with Crippen LogP contribution in [0.1, 0.15) is 11.4 Å². The molecule has 0 bridgehead atoms. The highest BCUT2D eigenvalue weighted by Crippen LogP contribution is 2.18. The number of aromatic nitrogens is 2. The van der Waals surface area contributed by atoms with Gasteiger partial charge in [-0.3, -0.25) is 4.79 Å². The van der Waals surface area contributed by atoms with Crippen molar-refractivity contribution in [2.24, 2.45) is 0 Å². The second-order valence-corrected chi connectivity index (χ2v) is 3.98. The van der Waals surface area contributed by atoms with Crippen molar-refractivity contribution in [1.29, 1.82) is 0 Å². The number of methoxy groups -OCH3 is 1. The number of halogens is 1. The summed E-state index contributed by atoms with van der Waals surface area (Å²) in [7, 11) is 1.40. The van der Waals surface area contributed by atoms with Gasteiger partial charge in [-0.25, -0.2) is 9.37 Å². The lowest BCUT2D eigenvalue weighted by Gasteiger charge is -2.02. The first-order valence-electron chi connectivity index (χ1n) is 5.97. The first-order chi connectivity index (χ1) is 9.69. The van der Waals surface area contributed by atoms with Gasteiger partial charge in [0.2, 0.25) is 5.91 Å². The number of hydrogen-bond acceptors (Lipinski definition) is 3. The van der Waals surface area contributed by atoms with Crippen LogP contribution in [0.3, 0.4) is 0 Å². The normalized spacial score (nSPS) is 10.7. The molecule has 0 aliphatic carbocycles. The van der Waals surface area contributed by atoms with E-state index in [1.165, 1.54) is 31.4 Å². The average molecular weight is 275 g/mol. The molecule has 0 unspecified atom stereocenters. The molecule has 104 valence electrons. The first-order valence-corrected chi connectivity index (χ1v) is 5.97. The average Bonchev–Trinajstić information content (AvgIpc) is 2.96. The molecule has 1 aromatic carbocycles. The number of amides is 1. The lowest BCUT2D eigenvalue weighted by molar-refractivity contribution is -0.116. The fourth-order valence-corrected chi connectivity index (χ4v) is 1.58. The number of nitrogens with zero attached hydrogens (tertiary/aromatic N) is 1. The number of ether oxygens (including phenoxy) is 1. The molecular weight excluding hydrogens is 261 g/mol. The molecule has 6 heteroatoms. The molecular formula is C14H14FN3O2. The van der Waals surface area contributed by atoms with Crippen LogP contribution >= 0.6 is 0 Å². The molecule has 2 rings (SSSR count). The number of carbonyl (C=O) groups is 1. The summed E-state index contributed by atoms with van der Waals surface area (Å²) in [5.74, 6) is 0.0925. The molecule has 0 aliphatic heterocycles. The number of aromatic amines is 1. The minimum Gasteiger partial charge on any atom is -0.494 e. The van der Waals surface area contributed by atoms with Crippen LogP contribution in [0.15, 0.2) is 36.7 Å². The van der Waals surface area contributed by atoms with Crippen molar-refractivity contribution in [2.75, 3.05) is 7.11 Å². The monoisotopic (exact) mass is 275 g/mol. The molecule has 2 aromatic rings. The van der Waals surface area contributed by atoms with E-state index in [4.69, 9.17) is 4.74 Å². The lowest BCUT2D eigenvalue weighted by atomic mass is 10.2. The minimum absolute atomic E-state index is 0.171. The molecule has 0 saturated carbocycles. The van der Waals surface area contributed by atoms with E-state index >= 15 is 0 Å². The maximum atomic E-state index is 13.4. The summed E-state index contributed by atoms with van der Waals surface area (Å²) in [6, 6.07) is 4.48. The van der Waals surface area contributed by atoms with E-state index in [0.29, 0.717) is 17.9 Å². The van der Waals surface area contributed by atoms with Crippen molar-refractivity contribution in [3.8, 4) is 5.75 Å². The molecule has 20 heavy (non-hydrogen) atoms. The standard InChI is InChI=1S/C14H14FN3O2/c1-20-12-4-2-10(8-11(12)15)3-5-14(19)18-9-13-16-6-7-17-13/h2-8H,9H2,1H3,(H,16,17)(H,18,19). The van der Waals surface area contributed by atoms with Gasteiger partial charge in [-0.1, -0.05) is 6.07 Å². The van der Waals surface area contributed by atoms with Crippen LogP contribution in [0.5, 0.6) is 5.75 Å². The quantitative estimate of drug-likeness (QED) is 0.819. The third-order valence-electron chi connectivity index (χ3n) is 2.59.